The highest BCUT2D eigenvalue weighted by atomic mass is 16.8. The number of unbranched alkanes of at least 4 members (excludes halogenated alkanes) is 4. The van der Waals surface area contributed by atoms with Gasteiger partial charge in [-0.05, 0) is 20.3 Å². The molecule has 22 heavy (non-hydrogen) atoms. The molecule has 2 rings (SSSR count). The summed E-state index contributed by atoms with van der Waals surface area (Å²) in [5, 5.41) is 19.3. The molecule has 6 heteroatoms. The third kappa shape index (κ3) is 3.63. The second-order valence-corrected chi connectivity index (χ2v) is 7.01. The number of hydrogen-bond acceptors (Lipinski definition) is 6. The zero-order chi connectivity index (χ0) is 16.4. The Morgan fingerprint density at radius 3 is 2.45 bits per heavy atom. The third-order valence-corrected chi connectivity index (χ3v) is 4.65. The molecule has 2 fully saturated rings. The Hall–Kier alpha value is -0.240. The standard InChI is InChI=1S/C16H31NO5/c1-4-5-6-7-8-9-16(17)12(11(19)10-18)20-14-13(16)21-15(2,3)22-14/h11-14,18-19H,4-10,17H2,1-3H3/t11-,12-,13+,14-,16?/m1/s1. The molecule has 0 aromatic rings. The second-order valence-electron chi connectivity index (χ2n) is 7.01. The lowest BCUT2D eigenvalue weighted by Crippen LogP contribution is -2.60. The van der Waals surface area contributed by atoms with Gasteiger partial charge >= 0.3 is 0 Å². The van der Waals surface area contributed by atoms with Crippen molar-refractivity contribution < 1.29 is 24.4 Å². The molecule has 1 unspecified atom stereocenters. The van der Waals surface area contributed by atoms with Crippen molar-refractivity contribution in [2.75, 3.05) is 6.61 Å². The molecular formula is C16H31NO5. The van der Waals surface area contributed by atoms with Crippen molar-refractivity contribution in [2.45, 2.75) is 95.2 Å². The van der Waals surface area contributed by atoms with Crippen LogP contribution in [0.1, 0.15) is 59.3 Å². The van der Waals surface area contributed by atoms with Crippen LogP contribution in [0.2, 0.25) is 0 Å². The average molecular weight is 317 g/mol. The molecule has 0 aromatic heterocycles. The summed E-state index contributed by atoms with van der Waals surface area (Å²) in [6, 6.07) is 0. The van der Waals surface area contributed by atoms with Gasteiger partial charge < -0.3 is 30.2 Å². The van der Waals surface area contributed by atoms with Gasteiger partial charge in [-0.15, -0.1) is 0 Å². The number of fused-ring (bicyclic) bond motifs is 1. The number of ether oxygens (including phenoxy) is 3. The highest BCUT2D eigenvalue weighted by molar-refractivity contribution is 5.10. The summed E-state index contributed by atoms with van der Waals surface area (Å²) >= 11 is 0. The molecule has 6 nitrogen and oxygen atoms in total. The maximum absolute atomic E-state index is 10.1. The predicted octanol–water partition coefficient (Wildman–Crippen LogP) is 1.27. The van der Waals surface area contributed by atoms with E-state index in [4.69, 9.17) is 19.9 Å². The first-order valence-corrected chi connectivity index (χ1v) is 8.43. The zero-order valence-corrected chi connectivity index (χ0v) is 14.0. The molecule has 2 saturated heterocycles. The van der Waals surface area contributed by atoms with E-state index in [9.17, 15) is 10.2 Å². The molecule has 0 amide bonds. The number of aliphatic hydroxyl groups is 2. The lowest BCUT2D eigenvalue weighted by molar-refractivity contribution is -0.224. The molecule has 0 aromatic carbocycles. The molecule has 0 radical (unpaired) electrons. The highest BCUT2D eigenvalue weighted by Gasteiger charge is 2.62. The van der Waals surface area contributed by atoms with E-state index in [0.717, 1.165) is 12.8 Å². The van der Waals surface area contributed by atoms with Gasteiger partial charge in [-0.2, -0.15) is 0 Å². The van der Waals surface area contributed by atoms with Crippen LogP contribution in [0.15, 0.2) is 0 Å². The summed E-state index contributed by atoms with van der Waals surface area (Å²) in [6.45, 7) is 5.45. The van der Waals surface area contributed by atoms with Gasteiger partial charge in [0.2, 0.25) is 0 Å². The second kappa shape index (κ2) is 7.11. The molecule has 2 aliphatic rings. The monoisotopic (exact) mass is 317 g/mol. The summed E-state index contributed by atoms with van der Waals surface area (Å²) in [6.07, 6.45) is 3.61. The Morgan fingerprint density at radius 1 is 1.14 bits per heavy atom. The molecule has 0 saturated carbocycles. The largest absolute Gasteiger partial charge is 0.394 e. The van der Waals surface area contributed by atoms with Crippen LogP contribution in [0.4, 0.5) is 0 Å². The quantitative estimate of drug-likeness (QED) is 0.584. The van der Waals surface area contributed by atoms with E-state index >= 15 is 0 Å². The number of aliphatic hydroxyl groups excluding tert-OH is 2. The first-order chi connectivity index (χ1) is 10.3. The third-order valence-electron chi connectivity index (χ3n) is 4.65. The Morgan fingerprint density at radius 2 is 1.82 bits per heavy atom. The van der Waals surface area contributed by atoms with Gasteiger partial charge in [0, 0.05) is 0 Å². The van der Waals surface area contributed by atoms with Crippen LogP contribution in [-0.4, -0.2) is 52.7 Å². The minimum Gasteiger partial charge on any atom is -0.394 e. The van der Waals surface area contributed by atoms with Crippen LogP contribution in [0, 0.1) is 0 Å². The molecule has 2 heterocycles. The van der Waals surface area contributed by atoms with Crippen molar-refractivity contribution >= 4 is 0 Å². The smallest absolute Gasteiger partial charge is 0.189 e. The maximum Gasteiger partial charge on any atom is 0.189 e. The molecular weight excluding hydrogens is 286 g/mol. The minimum atomic E-state index is -1.03. The van der Waals surface area contributed by atoms with Crippen LogP contribution in [-0.2, 0) is 14.2 Å². The van der Waals surface area contributed by atoms with E-state index < -0.39 is 35.9 Å². The van der Waals surface area contributed by atoms with Gasteiger partial charge in [-0.3, -0.25) is 0 Å². The SMILES string of the molecule is CCCCCCCC1(N)[C@@H]([C@H](O)CO)O[C@@H]2OC(C)(C)O[C@@H]21. The Bertz CT molecular complexity index is 364. The van der Waals surface area contributed by atoms with Crippen molar-refractivity contribution in [2.24, 2.45) is 5.73 Å². The fourth-order valence-corrected chi connectivity index (χ4v) is 3.49. The van der Waals surface area contributed by atoms with E-state index in [1.54, 1.807) is 0 Å². The van der Waals surface area contributed by atoms with E-state index in [-0.39, 0.29) is 6.61 Å². The number of rotatable bonds is 8. The predicted molar refractivity (Wildman–Crippen MR) is 82.1 cm³/mol. The van der Waals surface area contributed by atoms with Crippen molar-refractivity contribution in [3.05, 3.63) is 0 Å². The minimum absolute atomic E-state index is 0.387. The molecule has 2 aliphatic heterocycles. The molecule has 5 atom stereocenters. The lowest BCUT2D eigenvalue weighted by Gasteiger charge is -2.36. The summed E-state index contributed by atoms with van der Waals surface area (Å²) in [7, 11) is 0. The summed E-state index contributed by atoms with van der Waals surface area (Å²) in [5.74, 6) is -0.739. The average Bonchev–Trinajstić information content (AvgIpc) is 2.90. The summed E-state index contributed by atoms with van der Waals surface area (Å²) in [4.78, 5) is 0. The summed E-state index contributed by atoms with van der Waals surface area (Å²) in [5.41, 5.74) is 5.76. The van der Waals surface area contributed by atoms with Gasteiger partial charge in [0.1, 0.15) is 18.3 Å². The zero-order valence-electron chi connectivity index (χ0n) is 14.0. The van der Waals surface area contributed by atoms with Gasteiger partial charge in [0.05, 0.1) is 12.1 Å². The van der Waals surface area contributed by atoms with E-state index in [1.165, 1.54) is 19.3 Å². The van der Waals surface area contributed by atoms with Crippen molar-refractivity contribution in [1.82, 2.24) is 0 Å². The van der Waals surface area contributed by atoms with Crippen LogP contribution >= 0.6 is 0 Å². The van der Waals surface area contributed by atoms with Crippen molar-refractivity contribution in [1.29, 1.82) is 0 Å². The van der Waals surface area contributed by atoms with Crippen LogP contribution in [0.25, 0.3) is 0 Å². The normalized spacial score (nSPS) is 38.2. The first-order valence-electron chi connectivity index (χ1n) is 8.43. The van der Waals surface area contributed by atoms with Gasteiger partial charge in [-0.25, -0.2) is 0 Å². The fraction of sp³-hybridized carbons (Fsp3) is 1.00. The van der Waals surface area contributed by atoms with Gasteiger partial charge in [0.25, 0.3) is 0 Å². The molecule has 130 valence electrons. The number of hydrogen-bond donors (Lipinski definition) is 3. The maximum atomic E-state index is 10.1. The first kappa shape index (κ1) is 18.1. The van der Waals surface area contributed by atoms with Crippen molar-refractivity contribution in [3.8, 4) is 0 Å². The van der Waals surface area contributed by atoms with E-state index in [2.05, 4.69) is 6.92 Å². The number of nitrogens with two attached hydrogens (primary N) is 1. The van der Waals surface area contributed by atoms with E-state index in [1.807, 2.05) is 13.8 Å². The molecule has 0 bridgehead atoms. The topological polar surface area (TPSA) is 94.2 Å². The highest BCUT2D eigenvalue weighted by Crippen LogP contribution is 2.44. The van der Waals surface area contributed by atoms with Crippen LogP contribution in [0.5, 0.6) is 0 Å². The van der Waals surface area contributed by atoms with Crippen molar-refractivity contribution in [3.63, 3.8) is 0 Å². The fourth-order valence-electron chi connectivity index (χ4n) is 3.49. The van der Waals surface area contributed by atoms with Gasteiger partial charge in [-0.1, -0.05) is 39.0 Å². The molecule has 0 aliphatic carbocycles. The van der Waals surface area contributed by atoms with Crippen LogP contribution < -0.4 is 5.73 Å². The Balaban J connectivity index is 2.03. The van der Waals surface area contributed by atoms with Crippen LogP contribution in [0.3, 0.4) is 0 Å². The van der Waals surface area contributed by atoms with Gasteiger partial charge in [0.15, 0.2) is 12.1 Å². The Labute approximate surface area is 132 Å². The molecule has 4 N–H and O–H groups in total. The summed E-state index contributed by atoms with van der Waals surface area (Å²) < 4.78 is 17.4. The Kier molecular flexibility index (Phi) is 5.85. The molecule has 0 spiro atoms. The van der Waals surface area contributed by atoms with E-state index in [0.29, 0.717) is 6.42 Å². The lowest BCUT2D eigenvalue weighted by atomic mass is 9.81.